The molecule has 9 heteroatoms. The maximum atomic E-state index is 13.9. The van der Waals surface area contributed by atoms with Crippen LogP contribution >= 0.6 is 0 Å². The highest BCUT2D eigenvalue weighted by molar-refractivity contribution is 5.86. The molecule has 1 saturated heterocycles. The van der Waals surface area contributed by atoms with E-state index in [0.29, 0.717) is 31.7 Å². The molecule has 0 spiro atoms. The van der Waals surface area contributed by atoms with Crippen LogP contribution in [-0.2, 0) is 15.7 Å². The molecule has 1 aliphatic heterocycles. The molecule has 2 heterocycles. The number of nitrogens with zero attached hydrogens (tertiary/aromatic N) is 2. The van der Waals surface area contributed by atoms with Crippen molar-refractivity contribution in [2.24, 2.45) is 0 Å². The number of carbonyl (C=O) groups excluding carboxylic acids is 2. The van der Waals surface area contributed by atoms with Crippen LogP contribution in [0.4, 0.5) is 18.0 Å². The molecule has 1 atom stereocenters. The molecule has 1 aromatic heterocycles. The van der Waals surface area contributed by atoms with Crippen molar-refractivity contribution in [1.82, 2.24) is 14.8 Å². The SMILES string of the molecule is CCOC(=O)N1CCN(C(=O)CC(c2ccccc2C(F)(F)F)c2c[nH]c3ccccc23)CC1. The molecule has 0 bridgehead atoms. The van der Waals surface area contributed by atoms with E-state index < -0.39 is 23.8 Å². The third-order valence-corrected chi connectivity index (χ3v) is 6.18. The third-order valence-electron chi connectivity index (χ3n) is 6.18. The van der Waals surface area contributed by atoms with Gasteiger partial charge in [0.25, 0.3) is 0 Å². The Bertz CT molecular complexity index is 1170. The van der Waals surface area contributed by atoms with E-state index in [1.54, 1.807) is 24.1 Å². The molecular formula is C25H26F3N3O3. The second-order valence-electron chi connectivity index (χ2n) is 8.20. The van der Waals surface area contributed by atoms with Crippen LogP contribution in [0.1, 0.15) is 36.0 Å². The summed E-state index contributed by atoms with van der Waals surface area (Å²) < 4.78 is 46.7. The fourth-order valence-corrected chi connectivity index (χ4v) is 4.49. The normalized spacial score (nSPS) is 15.4. The first-order valence-corrected chi connectivity index (χ1v) is 11.2. The van der Waals surface area contributed by atoms with Gasteiger partial charge in [-0.1, -0.05) is 36.4 Å². The van der Waals surface area contributed by atoms with E-state index in [2.05, 4.69) is 4.98 Å². The average molecular weight is 473 g/mol. The molecule has 0 saturated carbocycles. The Balaban J connectivity index is 1.63. The van der Waals surface area contributed by atoms with Gasteiger partial charge in [0, 0.05) is 55.6 Å². The lowest BCUT2D eigenvalue weighted by Gasteiger charge is -2.35. The Kier molecular flexibility index (Phi) is 6.81. The summed E-state index contributed by atoms with van der Waals surface area (Å²) in [5.41, 5.74) is 0.761. The van der Waals surface area contributed by atoms with Crippen molar-refractivity contribution >= 4 is 22.9 Å². The average Bonchev–Trinajstić information content (AvgIpc) is 3.26. The highest BCUT2D eigenvalue weighted by Crippen LogP contribution is 2.41. The number of rotatable bonds is 5. The molecular weight excluding hydrogens is 447 g/mol. The minimum absolute atomic E-state index is 0.0678. The maximum absolute atomic E-state index is 13.9. The third kappa shape index (κ3) is 4.88. The van der Waals surface area contributed by atoms with Crippen molar-refractivity contribution in [3.05, 3.63) is 71.4 Å². The summed E-state index contributed by atoms with van der Waals surface area (Å²) in [7, 11) is 0. The molecule has 180 valence electrons. The van der Waals surface area contributed by atoms with Crippen molar-refractivity contribution < 1.29 is 27.5 Å². The highest BCUT2D eigenvalue weighted by Gasteiger charge is 2.37. The Morgan fingerprint density at radius 3 is 2.32 bits per heavy atom. The monoisotopic (exact) mass is 473 g/mol. The first kappa shape index (κ1) is 23.7. The molecule has 1 aliphatic rings. The summed E-state index contributed by atoms with van der Waals surface area (Å²) in [6, 6.07) is 12.8. The van der Waals surface area contributed by atoms with Gasteiger partial charge in [-0.2, -0.15) is 13.2 Å². The van der Waals surface area contributed by atoms with Crippen LogP contribution in [0.5, 0.6) is 0 Å². The fraction of sp³-hybridized carbons (Fsp3) is 0.360. The quantitative estimate of drug-likeness (QED) is 0.567. The largest absolute Gasteiger partial charge is 0.450 e. The van der Waals surface area contributed by atoms with Crippen molar-refractivity contribution in [3.8, 4) is 0 Å². The van der Waals surface area contributed by atoms with Gasteiger partial charge in [-0.25, -0.2) is 4.79 Å². The van der Waals surface area contributed by atoms with Crippen LogP contribution < -0.4 is 0 Å². The minimum Gasteiger partial charge on any atom is -0.450 e. The Morgan fingerprint density at radius 2 is 1.62 bits per heavy atom. The molecule has 4 rings (SSSR count). The summed E-state index contributed by atoms with van der Waals surface area (Å²) in [4.78, 5) is 31.5. The van der Waals surface area contributed by atoms with Crippen LogP contribution in [0, 0.1) is 0 Å². The first-order chi connectivity index (χ1) is 16.3. The molecule has 34 heavy (non-hydrogen) atoms. The zero-order valence-electron chi connectivity index (χ0n) is 18.8. The predicted molar refractivity (Wildman–Crippen MR) is 121 cm³/mol. The van der Waals surface area contributed by atoms with Gasteiger partial charge in [0.2, 0.25) is 5.91 Å². The van der Waals surface area contributed by atoms with E-state index in [4.69, 9.17) is 4.74 Å². The molecule has 0 radical (unpaired) electrons. The maximum Gasteiger partial charge on any atom is 0.416 e. The topological polar surface area (TPSA) is 65.6 Å². The number of aromatic amines is 1. The Hall–Kier alpha value is -3.49. The Labute approximate surface area is 195 Å². The molecule has 1 fully saturated rings. The van der Waals surface area contributed by atoms with Gasteiger partial charge in [-0.15, -0.1) is 0 Å². The number of para-hydroxylation sites is 1. The Morgan fingerprint density at radius 1 is 0.971 bits per heavy atom. The number of fused-ring (bicyclic) bond motifs is 1. The van der Waals surface area contributed by atoms with Crippen LogP contribution in [-0.4, -0.2) is 59.6 Å². The summed E-state index contributed by atoms with van der Waals surface area (Å²) in [5, 5.41) is 0.782. The summed E-state index contributed by atoms with van der Waals surface area (Å²) in [6.07, 6.45) is -3.40. The number of carbonyl (C=O) groups is 2. The molecule has 2 aromatic carbocycles. The van der Waals surface area contributed by atoms with Gasteiger partial charge >= 0.3 is 12.3 Å². The summed E-state index contributed by atoms with van der Waals surface area (Å²) in [5.74, 6) is -1.04. The number of hydrogen-bond acceptors (Lipinski definition) is 3. The molecule has 6 nitrogen and oxygen atoms in total. The fourth-order valence-electron chi connectivity index (χ4n) is 4.49. The van der Waals surface area contributed by atoms with Gasteiger partial charge in [-0.3, -0.25) is 4.79 Å². The molecule has 1 N–H and O–H groups in total. The smallest absolute Gasteiger partial charge is 0.416 e. The van der Waals surface area contributed by atoms with Gasteiger partial charge in [-0.05, 0) is 30.2 Å². The number of halogens is 3. The molecule has 2 amide bonds. The predicted octanol–water partition coefficient (Wildman–Crippen LogP) is 5.01. The number of nitrogens with one attached hydrogen (secondary N) is 1. The minimum atomic E-state index is -4.55. The van der Waals surface area contributed by atoms with E-state index >= 15 is 0 Å². The molecule has 3 aromatic rings. The van der Waals surface area contributed by atoms with E-state index in [-0.39, 0.29) is 24.5 Å². The van der Waals surface area contributed by atoms with Crippen molar-refractivity contribution in [2.75, 3.05) is 32.8 Å². The number of amides is 2. The summed E-state index contributed by atoms with van der Waals surface area (Å²) in [6.45, 7) is 3.24. The van der Waals surface area contributed by atoms with Gasteiger partial charge in [0.1, 0.15) is 0 Å². The lowest BCUT2D eigenvalue weighted by atomic mass is 9.85. The lowest BCUT2D eigenvalue weighted by molar-refractivity contribution is -0.139. The van der Waals surface area contributed by atoms with Crippen molar-refractivity contribution in [3.63, 3.8) is 0 Å². The van der Waals surface area contributed by atoms with Crippen molar-refractivity contribution in [1.29, 1.82) is 0 Å². The second kappa shape index (κ2) is 9.79. The molecule has 1 unspecified atom stereocenters. The van der Waals surface area contributed by atoms with E-state index in [1.165, 1.54) is 17.0 Å². The molecule has 0 aliphatic carbocycles. The van der Waals surface area contributed by atoms with E-state index in [9.17, 15) is 22.8 Å². The standard InChI is InChI=1S/C25H26F3N3O3/c1-2-34-24(33)31-13-11-30(12-14-31)23(32)15-19(17-7-3-5-9-21(17)25(26,27)28)20-16-29-22-10-6-4-8-18(20)22/h3-10,16,19,29H,2,11-15H2,1H3. The zero-order valence-corrected chi connectivity index (χ0v) is 18.8. The van der Waals surface area contributed by atoms with E-state index in [0.717, 1.165) is 17.0 Å². The number of hydrogen-bond donors (Lipinski definition) is 1. The lowest BCUT2D eigenvalue weighted by Crippen LogP contribution is -2.51. The number of ether oxygens (including phenoxy) is 1. The number of alkyl halides is 3. The van der Waals surface area contributed by atoms with Crippen LogP contribution in [0.3, 0.4) is 0 Å². The van der Waals surface area contributed by atoms with Crippen molar-refractivity contribution in [2.45, 2.75) is 25.4 Å². The number of benzene rings is 2. The number of aromatic nitrogens is 1. The van der Waals surface area contributed by atoms with Gasteiger partial charge in [0.05, 0.1) is 12.2 Å². The number of piperazine rings is 1. The van der Waals surface area contributed by atoms with Crippen LogP contribution in [0.2, 0.25) is 0 Å². The summed E-state index contributed by atoms with van der Waals surface area (Å²) >= 11 is 0. The number of H-pyrrole nitrogens is 1. The second-order valence-corrected chi connectivity index (χ2v) is 8.20. The highest BCUT2D eigenvalue weighted by atomic mass is 19.4. The van der Waals surface area contributed by atoms with Crippen LogP contribution in [0.25, 0.3) is 10.9 Å². The van der Waals surface area contributed by atoms with Gasteiger partial charge < -0.3 is 19.5 Å². The zero-order chi connectivity index (χ0) is 24.3. The van der Waals surface area contributed by atoms with Crippen LogP contribution in [0.15, 0.2) is 54.7 Å². The van der Waals surface area contributed by atoms with E-state index in [1.807, 2.05) is 24.3 Å². The van der Waals surface area contributed by atoms with Gasteiger partial charge in [0.15, 0.2) is 0 Å². The first-order valence-electron chi connectivity index (χ1n) is 11.2.